The Morgan fingerprint density at radius 2 is 2.11 bits per heavy atom. The maximum Gasteiger partial charge on any atom is 0.110 e. The van der Waals surface area contributed by atoms with Crippen LogP contribution in [0, 0.1) is 5.92 Å². The molecule has 1 atom stereocenters. The fourth-order valence-corrected chi connectivity index (χ4v) is 3.15. The van der Waals surface area contributed by atoms with E-state index in [9.17, 15) is 0 Å². The lowest BCUT2D eigenvalue weighted by atomic mass is 10.2. The number of nitrogens with zero attached hydrogens (tertiary/aromatic N) is 2. The standard InChI is InChI=1S/C15H29N3S/c1-5-7-16-14(12-19-11-13(3)4)10-15-17-8-9-18(15)6-2/h8-9,13-14,16H,5-7,10-12H2,1-4H3. The van der Waals surface area contributed by atoms with Gasteiger partial charge < -0.3 is 9.88 Å². The number of aromatic nitrogens is 2. The summed E-state index contributed by atoms with van der Waals surface area (Å²) < 4.78 is 2.24. The fraction of sp³-hybridized carbons (Fsp3) is 0.800. The van der Waals surface area contributed by atoms with Gasteiger partial charge in [0.15, 0.2) is 0 Å². The van der Waals surface area contributed by atoms with E-state index in [4.69, 9.17) is 0 Å². The van der Waals surface area contributed by atoms with Gasteiger partial charge in [0.05, 0.1) is 0 Å². The van der Waals surface area contributed by atoms with Crippen LogP contribution in [0.1, 0.15) is 39.9 Å². The van der Waals surface area contributed by atoms with Crippen LogP contribution in [0.5, 0.6) is 0 Å². The maximum atomic E-state index is 4.49. The molecule has 0 aliphatic carbocycles. The van der Waals surface area contributed by atoms with Crippen molar-refractivity contribution in [3.8, 4) is 0 Å². The van der Waals surface area contributed by atoms with E-state index in [0.29, 0.717) is 6.04 Å². The van der Waals surface area contributed by atoms with Gasteiger partial charge >= 0.3 is 0 Å². The molecule has 0 amide bonds. The number of rotatable bonds is 10. The van der Waals surface area contributed by atoms with Gasteiger partial charge in [-0.3, -0.25) is 0 Å². The van der Waals surface area contributed by atoms with Gasteiger partial charge in [0.2, 0.25) is 0 Å². The van der Waals surface area contributed by atoms with E-state index in [1.165, 1.54) is 23.8 Å². The topological polar surface area (TPSA) is 29.9 Å². The number of hydrogen-bond acceptors (Lipinski definition) is 3. The molecular weight excluding hydrogens is 254 g/mol. The predicted molar refractivity (Wildman–Crippen MR) is 85.8 cm³/mol. The zero-order chi connectivity index (χ0) is 14.1. The Balaban J connectivity index is 2.48. The lowest BCUT2D eigenvalue weighted by Crippen LogP contribution is -2.35. The molecule has 1 N–H and O–H groups in total. The van der Waals surface area contributed by atoms with Gasteiger partial charge in [-0.25, -0.2) is 4.98 Å². The van der Waals surface area contributed by atoms with E-state index >= 15 is 0 Å². The first-order chi connectivity index (χ1) is 9.17. The number of imidazole rings is 1. The van der Waals surface area contributed by atoms with Crippen molar-refractivity contribution in [2.75, 3.05) is 18.1 Å². The number of aryl methyl sites for hydroxylation is 1. The molecule has 0 bridgehead atoms. The minimum atomic E-state index is 0.538. The molecular formula is C15H29N3S. The van der Waals surface area contributed by atoms with E-state index < -0.39 is 0 Å². The van der Waals surface area contributed by atoms with Gasteiger partial charge in [-0.15, -0.1) is 0 Å². The summed E-state index contributed by atoms with van der Waals surface area (Å²) in [5, 5.41) is 3.66. The molecule has 0 aliphatic rings. The average Bonchev–Trinajstić information content (AvgIpc) is 2.82. The van der Waals surface area contributed by atoms with Crippen LogP contribution >= 0.6 is 11.8 Å². The Bertz CT molecular complexity index is 336. The molecule has 1 rings (SSSR count). The maximum absolute atomic E-state index is 4.49. The monoisotopic (exact) mass is 283 g/mol. The summed E-state index contributed by atoms with van der Waals surface area (Å²) in [6, 6.07) is 0.538. The molecule has 0 saturated carbocycles. The minimum Gasteiger partial charge on any atom is -0.335 e. The van der Waals surface area contributed by atoms with Gasteiger partial charge in [-0.2, -0.15) is 11.8 Å². The zero-order valence-corrected chi connectivity index (χ0v) is 13.7. The van der Waals surface area contributed by atoms with Crippen molar-refractivity contribution in [2.45, 2.75) is 53.1 Å². The van der Waals surface area contributed by atoms with Crippen molar-refractivity contribution in [2.24, 2.45) is 5.92 Å². The molecule has 4 heteroatoms. The lowest BCUT2D eigenvalue weighted by Gasteiger charge is -2.19. The third-order valence-electron chi connectivity index (χ3n) is 3.02. The summed E-state index contributed by atoms with van der Waals surface area (Å²) in [7, 11) is 0. The van der Waals surface area contributed by atoms with Gasteiger partial charge in [0.1, 0.15) is 5.82 Å². The van der Waals surface area contributed by atoms with Gasteiger partial charge in [0.25, 0.3) is 0 Å². The summed E-state index contributed by atoms with van der Waals surface area (Å²) in [6.07, 6.45) is 6.21. The summed E-state index contributed by atoms with van der Waals surface area (Å²) in [4.78, 5) is 4.49. The Morgan fingerprint density at radius 3 is 2.74 bits per heavy atom. The van der Waals surface area contributed by atoms with Crippen LogP contribution < -0.4 is 5.32 Å². The zero-order valence-electron chi connectivity index (χ0n) is 12.9. The van der Waals surface area contributed by atoms with Crippen LogP contribution in [0.2, 0.25) is 0 Å². The molecule has 0 aliphatic heterocycles. The molecule has 0 aromatic carbocycles. The molecule has 0 spiro atoms. The van der Waals surface area contributed by atoms with Crippen LogP contribution in [0.3, 0.4) is 0 Å². The molecule has 1 aromatic heterocycles. The highest BCUT2D eigenvalue weighted by atomic mass is 32.2. The number of thioether (sulfide) groups is 1. The molecule has 0 fully saturated rings. The smallest absolute Gasteiger partial charge is 0.110 e. The Kier molecular flexibility index (Phi) is 8.22. The van der Waals surface area contributed by atoms with Crippen LogP contribution in [0.4, 0.5) is 0 Å². The largest absolute Gasteiger partial charge is 0.335 e. The van der Waals surface area contributed by atoms with Gasteiger partial charge in [-0.1, -0.05) is 20.8 Å². The molecule has 0 radical (unpaired) electrons. The Labute approximate surface area is 122 Å². The second-order valence-electron chi connectivity index (χ2n) is 5.42. The van der Waals surface area contributed by atoms with E-state index in [2.05, 4.69) is 60.5 Å². The summed E-state index contributed by atoms with van der Waals surface area (Å²) >= 11 is 2.06. The first kappa shape index (κ1) is 16.6. The van der Waals surface area contributed by atoms with E-state index in [1.54, 1.807) is 0 Å². The SMILES string of the molecule is CCCNC(CSCC(C)C)Cc1nccn1CC. The highest BCUT2D eigenvalue weighted by Crippen LogP contribution is 2.12. The molecule has 19 heavy (non-hydrogen) atoms. The normalized spacial score (nSPS) is 13.1. The van der Waals surface area contributed by atoms with E-state index in [0.717, 1.165) is 25.4 Å². The van der Waals surface area contributed by atoms with Crippen molar-refractivity contribution in [1.29, 1.82) is 0 Å². The fourth-order valence-electron chi connectivity index (χ4n) is 2.02. The molecule has 110 valence electrons. The average molecular weight is 283 g/mol. The van der Waals surface area contributed by atoms with Crippen LogP contribution in [0.15, 0.2) is 12.4 Å². The second kappa shape index (κ2) is 9.43. The Morgan fingerprint density at radius 1 is 1.32 bits per heavy atom. The predicted octanol–water partition coefficient (Wildman–Crippen LogP) is 3.20. The van der Waals surface area contributed by atoms with Crippen molar-refractivity contribution < 1.29 is 0 Å². The second-order valence-corrected chi connectivity index (χ2v) is 6.49. The minimum absolute atomic E-state index is 0.538. The lowest BCUT2D eigenvalue weighted by molar-refractivity contribution is 0.525. The van der Waals surface area contributed by atoms with Crippen molar-refractivity contribution in [3.63, 3.8) is 0 Å². The van der Waals surface area contributed by atoms with E-state index in [1.807, 2.05) is 6.20 Å². The highest BCUT2D eigenvalue weighted by Gasteiger charge is 2.12. The Hall–Kier alpha value is -0.480. The van der Waals surface area contributed by atoms with Crippen molar-refractivity contribution in [3.05, 3.63) is 18.2 Å². The molecule has 1 aromatic rings. The molecule has 1 heterocycles. The number of hydrogen-bond donors (Lipinski definition) is 1. The molecule has 0 saturated heterocycles. The van der Waals surface area contributed by atoms with Gasteiger partial charge in [0, 0.05) is 37.2 Å². The molecule has 1 unspecified atom stereocenters. The van der Waals surface area contributed by atoms with Crippen LogP contribution in [0.25, 0.3) is 0 Å². The van der Waals surface area contributed by atoms with Crippen LogP contribution in [-0.2, 0) is 13.0 Å². The summed E-state index contributed by atoms with van der Waals surface area (Å²) in [6.45, 7) is 11.1. The third kappa shape index (κ3) is 6.48. The molecule has 3 nitrogen and oxygen atoms in total. The van der Waals surface area contributed by atoms with Crippen molar-refractivity contribution in [1.82, 2.24) is 14.9 Å². The highest BCUT2D eigenvalue weighted by molar-refractivity contribution is 7.99. The van der Waals surface area contributed by atoms with Crippen molar-refractivity contribution >= 4 is 11.8 Å². The first-order valence-corrected chi connectivity index (χ1v) is 8.63. The first-order valence-electron chi connectivity index (χ1n) is 7.48. The third-order valence-corrected chi connectivity index (χ3v) is 4.57. The number of nitrogens with one attached hydrogen (secondary N) is 1. The quantitative estimate of drug-likeness (QED) is 0.715. The summed E-state index contributed by atoms with van der Waals surface area (Å²) in [5.41, 5.74) is 0. The van der Waals surface area contributed by atoms with Gasteiger partial charge in [-0.05, 0) is 31.6 Å². The summed E-state index contributed by atoms with van der Waals surface area (Å²) in [5.74, 6) is 4.40. The van der Waals surface area contributed by atoms with E-state index in [-0.39, 0.29) is 0 Å². The van der Waals surface area contributed by atoms with Crippen LogP contribution in [-0.4, -0.2) is 33.6 Å².